The van der Waals surface area contributed by atoms with Gasteiger partial charge in [0, 0.05) is 12.5 Å². The minimum Gasteiger partial charge on any atom is -0.480 e. The number of nitrogens with zero attached hydrogens (tertiary/aromatic N) is 1. The zero-order valence-corrected chi connectivity index (χ0v) is 20.0. The summed E-state index contributed by atoms with van der Waals surface area (Å²) in [7, 11) is 0. The summed E-state index contributed by atoms with van der Waals surface area (Å²) in [6.07, 6.45) is 1.34. The maximum atomic E-state index is 13.5. The van der Waals surface area contributed by atoms with Crippen LogP contribution >= 0.6 is 0 Å². The Labute approximate surface area is 200 Å². The fourth-order valence-corrected chi connectivity index (χ4v) is 5.39. The minimum atomic E-state index is -1.27. The van der Waals surface area contributed by atoms with Crippen LogP contribution in [-0.2, 0) is 14.3 Å². The highest BCUT2D eigenvalue weighted by Gasteiger charge is 2.50. The van der Waals surface area contributed by atoms with Crippen LogP contribution in [0, 0.1) is 0 Å². The molecular formula is C27H32N2O5. The van der Waals surface area contributed by atoms with E-state index in [1.807, 2.05) is 43.3 Å². The van der Waals surface area contributed by atoms with Crippen molar-refractivity contribution < 1.29 is 24.2 Å². The van der Waals surface area contributed by atoms with Gasteiger partial charge in [-0.05, 0) is 55.4 Å². The van der Waals surface area contributed by atoms with Crippen molar-refractivity contribution >= 4 is 18.0 Å². The molecule has 7 nitrogen and oxygen atoms in total. The van der Waals surface area contributed by atoms with E-state index in [1.165, 1.54) is 4.90 Å². The number of carboxylic acids is 1. The standard InChI is InChI=1S/C27H32N2O5/c1-4-14-26(2,23(30)29-16-9-15-27(29,3)24(31)32)28-25(33)34-17-22-20-12-7-5-10-18(20)19-11-6-8-13-21(19)22/h5-8,10-13,22H,4,9,14-17H2,1-3H3,(H,28,33)(H,31,32). The molecule has 2 aromatic carbocycles. The normalized spacial score (nSPS) is 20.9. The van der Waals surface area contributed by atoms with Crippen molar-refractivity contribution in [1.82, 2.24) is 10.2 Å². The SMILES string of the molecule is CCCC(C)(NC(=O)OCC1c2ccccc2-c2ccccc21)C(=O)N1CCCC1(C)C(=O)O. The molecule has 34 heavy (non-hydrogen) atoms. The van der Waals surface area contributed by atoms with E-state index in [0.29, 0.717) is 32.2 Å². The fourth-order valence-electron chi connectivity index (χ4n) is 5.39. The molecule has 2 N–H and O–H groups in total. The maximum Gasteiger partial charge on any atom is 0.408 e. The lowest BCUT2D eigenvalue weighted by atomic mass is 9.91. The van der Waals surface area contributed by atoms with Gasteiger partial charge in [0.2, 0.25) is 5.91 Å². The molecule has 2 atom stereocenters. The first-order valence-corrected chi connectivity index (χ1v) is 11.9. The highest BCUT2D eigenvalue weighted by molar-refractivity contribution is 5.94. The quantitative estimate of drug-likeness (QED) is 0.627. The Balaban J connectivity index is 1.49. The van der Waals surface area contributed by atoms with Crippen LogP contribution in [0.1, 0.15) is 63.5 Å². The number of likely N-dealkylation sites (tertiary alicyclic amines) is 1. The van der Waals surface area contributed by atoms with Crippen LogP contribution in [0.25, 0.3) is 11.1 Å². The number of nitrogens with one attached hydrogen (secondary N) is 1. The van der Waals surface area contributed by atoms with Crippen LogP contribution < -0.4 is 5.32 Å². The van der Waals surface area contributed by atoms with E-state index in [-0.39, 0.29) is 18.4 Å². The fraction of sp³-hybridized carbons (Fsp3) is 0.444. The van der Waals surface area contributed by atoms with E-state index < -0.39 is 23.1 Å². The number of carboxylic acid groups (broad SMARTS) is 1. The summed E-state index contributed by atoms with van der Waals surface area (Å²) in [4.78, 5) is 39.7. The number of hydrogen-bond donors (Lipinski definition) is 2. The van der Waals surface area contributed by atoms with Crippen molar-refractivity contribution in [3.63, 3.8) is 0 Å². The second kappa shape index (κ2) is 9.12. The third-order valence-electron chi connectivity index (χ3n) is 7.29. The number of aliphatic carboxylic acids is 1. The van der Waals surface area contributed by atoms with E-state index in [4.69, 9.17) is 4.74 Å². The first-order valence-electron chi connectivity index (χ1n) is 11.9. The Morgan fingerprint density at radius 1 is 1.12 bits per heavy atom. The first-order chi connectivity index (χ1) is 16.2. The summed E-state index contributed by atoms with van der Waals surface area (Å²) in [6, 6.07) is 16.2. The molecule has 0 aromatic heterocycles. The summed E-state index contributed by atoms with van der Waals surface area (Å²) in [5.74, 6) is -1.50. The number of ether oxygens (including phenoxy) is 1. The van der Waals surface area contributed by atoms with Gasteiger partial charge in [-0.3, -0.25) is 4.79 Å². The summed E-state index contributed by atoms with van der Waals surface area (Å²) in [6.45, 7) is 5.65. The van der Waals surface area contributed by atoms with Gasteiger partial charge in [0.1, 0.15) is 17.7 Å². The van der Waals surface area contributed by atoms with Gasteiger partial charge in [0.15, 0.2) is 0 Å². The van der Waals surface area contributed by atoms with Crippen molar-refractivity contribution in [3.05, 3.63) is 59.7 Å². The average Bonchev–Trinajstić information content (AvgIpc) is 3.36. The minimum absolute atomic E-state index is 0.0832. The lowest BCUT2D eigenvalue weighted by molar-refractivity contribution is -0.158. The van der Waals surface area contributed by atoms with Crippen LogP contribution in [0.3, 0.4) is 0 Å². The summed E-state index contributed by atoms with van der Waals surface area (Å²) in [5, 5.41) is 12.5. The van der Waals surface area contributed by atoms with Crippen molar-refractivity contribution in [1.29, 1.82) is 0 Å². The Bertz CT molecular complexity index is 1070. The second-order valence-electron chi connectivity index (χ2n) is 9.67. The molecule has 1 saturated heterocycles. The predicted octanol–water partition coefficient (Wildman–Crippen LogP) is 4.55. The van der Waals surface area contributed by atoms with Gasteiger partial charge in [-0.2, -0.15) is 0 Å². The Morgan fingerprint density at radius 3 is 2.26 bits per heavy atom. The zero-order chi connectivity index (χ0) is 24.5. The number of carbonyl (C=O) groups is 3. The molecule has 1 fully saturated rings. The number of rotatable bonds is 7. The van der Waals surface area contributed by atoms with Gasteiger partial charge in [0.25, 0.3) is 0 Å². The molecule has 0 spiro atoms. The molecule has 0 radical (unpaired) electrons. The van der Waals surface area contributed by atoms with Gasteiger partial charge in [-0.15, -0.1) is 0 Å². The molecule has 180 valence electrons. The summed E-state index contributed by atoms with van der Waals surface area (Å²) in [5.41, 5.74) is 1.98. The van der Waals surface area contributed by atoms with E-state index in [1.54, 1.807) is 13.8 Å². The molecule has 7 heteroatoms. The molecule has 2 unspecified atom stereocenters. The topological polar surface area (TPSA) is 95.9 Å². The molecule has 2 amide bonds. The summed E-state index contributed by atoms with van der Waals surface area (Å²) < 4.78 is 5.66. The predicted molar refractivity (Wildman–Crippen MR) is 129 cm³/mol. The third kappa shape index (κ3) is 4.04. The highest BCUT2D eigenvalue weighted by Crippen LogP contribution is 2.44. The average molecular weight is 465 g/mol. The van der Waals surface area contributed by atoms with Crippen molar-refractivity contribution in [2.24, 2.45) is 0 Å². The van der Waals surface area contributed by atoms with Gasteiger partial charge >= 0.3 is 12.1 Å². The summed E-state index contributed by atoms with van der Waals surface area (Å²) >= 11 is 0. The molecule has 1 heterocycles. The molecule has 1 aliphatic heterocycles. The first kappa shape index (κ1) is 23.8. The maximum absolute atomic E-state index is 13.5. The Morgan fingerprint density at radius 2 is 1.71 bits per heavy atom. The second-order valence-corrected chi connectivity index (χ2v) is 9.67. The Kier molecular flexibility index (Phi) is 6.39. The van der Waals surface area contributed by atoms with E-state index in [0.717, 1.165) is 22.3 Å². The monoisotopic (exact) mass is 464 g/mol. The van der Waals surface area contributed by atoms with Crippen LogP contribution in [0.5, 0.6) is 0 Å². The number of fused-ring (bicyclic) bond motifs is 3. The van der Waals surface area contributed by atoms with E-state index >= 15 is 0 Å². The number of hydrogen-bond acceptors (Lipinski definition) is 4. The number of carbonyl (C=O) groups excluding carboxylic acids is 2. The van der Waals surface area contributed by atoms with Gasteiger partial charge in [-0.25, -0.2) is 9.59 Å². The molecule has 0 bridgehead atoms. The van der Waals surface area contributed by atoms with Crippen LogP contribution in [0.4, 0.5) is 4.79 Å². The van der Waals surface area contributed by atoms with Crippen LogP contribution in [0.2, 0.25) is 0 Å². The van der Waals surface area contributed by atoms with Crippen molar-refractivity contribution in [2.75, 3.05) is 13.2 Å². The van der Waals surface area contributed by atoms with Crippen LogP contribution in [-0.4, -0.2) is 52.2 Å². The number of alkyl carbamates (subject to hydrolysis) is 1. The number of benzene rings is 2. The van der Waals surface area contributed by atoms with Crippen molar-refractivity contribution in [3.8, 4) is 11.1 Å². The molecular weight excluding hydrogens is 432 g/mol. The Hall–Kier alpha value is -3.35. The zero-order valence-electron chi connectivity index (χ0n) is 20.0. The largest absolute Gasteiger partial charge is 0.480 e. The van der Waals surface area contributed by atoms with E-state index in [9.17, 15) is 19.5 Å². The molecule has 4 rings (SSSR count). The lowest BCUT2D eigenvalue weighted by Gasteiger charge is -2.39. The highest BCUT2D eigenvalue weighted by atomic mass is 16.5. The smallest absolute Gasteiger partial charge is 0.408 e. The molecule has 1 aliphatic carbocycles. The third-order valence-corrected chi connectivity index (χ3v) is 7.29. The van der Waals surface area contributed by atoms with Gasteiger partial charge < -0.3 is 20.1 Å². The lowest BCUT2D eigenvalue weighted by Crippen LogP contribution is -2.62. The number of amides is 2. The van der Waals surface area contributed by atoms with Gasteiger partial charge in [-0.1, -0.05) is 61.9 Å². The molecule has 2 aliphatic rings. The molecule has 2 aromatic rings. The van der Waals surface area contributed by atoms with E-state index in [2.05, 4.69) is 17.4 Å². The van der Waals surface area contributed by atoms with Crippen molar-refractivity contribution in [2.45, 2.75) is 63.5 Å². The molecule has 0 saturated carbocycles. The van der Waals surface area contributed by atoms with Crippen LogP contribution in [0.15, 0.2) is 48.5 Å². The van der Waals surface area contributed by atoms with Gasteiger partial charge in [0.05, 0.1) is 0 Å².